The molecule has 1 aliphatic heterocycles. The van der Waals surface area contributed by atoms with Crippen LogP contribution < -0.4 is 21.9 Å². The lowest BCUT2D eigenvalue weighted by Gasteiger charge is -2.21. The summed E-state index contributed by atoms with van der Waals surface area (Å²) in [6, 6.07) is 0. The molecular formula is C16H25N7O13P2. The Kier molecular flexibility index (Phi) is 9.24. The molecule has 38 heavy (non-hydrogen) atoms. The van der Waals surface area contributed by atoms with Crippen molar-refractivity contribution < 1.29 is 56.8 Å². The van der Waals surface area contributed by atoms with E-state index < -0.39 is 58.4 Å². The number of nitrogens with zero attached hydrogens (tertiary/aromatic N) is 3. The number of fused-ring (bicyclic) bond motifs is 1. The number of anilines is 1. The first-order valence-corrected chi connectivity index (χ1v) is 13.7. The van der Waals surface area contributed by atoms with Crippen LogP contribution in [0.1, 0.15) is 19.6 Å². The van der Waals surface area contributed by atoms with Crippen LogP contribution in [0.2, 0.25) is 0 Å². The van der Waals surface area contributed by atoms with E-state index in [9.17, 15) is 33.5 Å². The summed E-state index contributed by atoms with van der Waals surface area (Å²) in [4.78, 5) is 72.8. The van der Waals surface area contributed by atoms with Gasteiger partial charge in [0.25, 0.3) is 5.56 Å². The molecule has 22 heteroatoms. The maximum Gasteiger partial charge on any atom is 0.481 e. The van der Waals surface area contributed by atoms with E-state index in [2.05, 4.69) is 34.4 Å². The largest absolute Gasteiger partial charge is 0.481 e. The van der Waals surface area contributed by atoms with Gasteiger partial charge < -0.3 is 45.6 Å². The molecule has 0 saturated carbocycles. The van der Waals surface area contributed by atoms with Crippen LogP contribution >= 0.6 is 15.6 Å². The molecule has 20 nitrogen and oxygen atoms in total. The number of hydrogen-bond donors (Lipinski definition) is 8. The Labute approximate surface area is 212 Å². The number of ether oxygens (including phenoxy) is 2. The minimum absolute atomic E-state index is 0.0566. The summed E-state index contributed by atoms with van der Waals surface area (Å²) in [5.41, 5.74) is 4.58. The number of amides is 2. The second-order valence-corrected chi connectivity index (χ2v) is 10.5. The van der Waals surface area contributed by atoms with Crippen molar-refractivity contribution in [3.63, 3.8) is 0 Å². The smallest absolute Gasteiger partial charge is 0.440 e. The second kappa shape index (κ2) is 11.9. The first-order chi connectivity index (χ1) is 17.7. The standard InChI is InChI=1S/C16H25N7O13P2/c1-2-8(24)18-3-4-19-16(27)35-11-7(5-33-38(31,32)36-37(28,29)30)34-14(10(11)25)23-6-20-9-12(23)21-15(17)22-13(9)26/h6-7,10-11,14,25H,2-5H2,1H3,(H,18,24)(H,19,27)(H,31,32)(H2,28,29,30)(H3,17,21,22,26)/t7-,10-,11-,14-/m1/s1. The van der Waals surface area contributed by atoms with Crippen molar-refractivity contribution >= 4 is 44.8 Å². The van der Waals surface area contributed by atoms with E-state index in [1.807, 2.05) is 0 Å². The lowest BCUT2D eigenvalue weighted by molar-refractivity contribution is -0.120. The molecule has 1 fully saturated rings. The highest BCUT2D eigenvalue weighted by atomic mass is 31.3. The van der Waals surface area contributed by atoms with Crippen LogP contribution in [0.4, 0.5) is 10.7 Å². The van der Waals surface area contributed by atoms with Gasteiger partial charge in [-0.15, -0.1) is 0 Å². The maximum absolute atomic E-state index is 12.3. The van der Waals surface area contributed by atoms with E-state index in [1.165, 1.54) is 0 Å². The van der Waals surface area contributed by atoms with Crippen molar-refractivity contribution in [2.45, 2.75) is 37.9 Å². The summed E-state index contributed by atoms with van der Waals surface area (Å²) in [6.07, 6.45) is -6.06. The molecule has 2 aromatic rings. The quantitative estimate of drug-likeness (QED) is 0.103. The number of aromatic nitrogens is 4. The Hall–Kier alpha value is -2.93. The third-order valence-corrected chi connectivity index (χ3v) is 7.08. The Balaban J connectivity index is 1.79. The fraction of sp³-hybridized carbons (Fsp3) is 0.562. The monoisotopic (exact) mass is 585 g/mol. The molecule has 9 N–H and O–H groups in total. The van der Waals surface area contributed by atoms with Gasteiger partial charge in [0.15, 0.2) is 23.5 Å². The van der Waals surface area contributed by atoms with Gasteiger partial charge in [-0.3, -0.25) is 23.7 Å². The summed E-state index contributed by atoms with van der Waals surface area (Å²) >= 11 is 0. The minimum atomic E-state index is -5.43. The number of nitrogens with one attached hydrogen (secondary N) is 3. The molecule has 0 aromatic carbocycles. The zero-order valence-corrected chi connectivity index (χ0v) is 21.3. The molecule has 0 aliphatic carbocycles. The Morgan fingerprint density at radius 1 is 1.26 bits per heavy atom. The van der Waals surface area contributed by atoms with Gasteiger partial charge in [0.1, 0.15) is 12.2 Å². The van der Waals surface area contributed by atoms with E-state index in [-0.39, 0.29) is 42.5 Å². The number of carbonyl (C=O) groups excluding carboxylic acids is 2. The number of imidazole rings is 1. The van der Waals surface area contributed by atoms with Crippen molar-refractivity contribution in [2.24, 2.45) is 0 Å². The van der Waals surface area contributed by atoms with Gasteiger partial charge in [-0.2, -0.15) is 9.29 Å². The van der Waals surface area contributed by atoms with Gasteiger partial charge in [-0.1, -0.05) is 6.92 Å². The zero-order valence-electron chi connectivity index (χ0n) is 19.5. The number of aliphatic hydroxyl groups excluding tert-OH is 1. The van der Waals surface area contributed by atoms with E-state index in [1.54, 1.807) is 6.92 Å². The number of rotatable bonds is 11. The van der Waals surface area contributed by atoms with Gasteiger partial charge in [0, 0.05) is 19.5 Å². The normalized spacial score (nSPS) is 23.2. The number of carbonyl (C=O) groups is 2. The van der Waals surface area contributed by atoms with Gasteiger partial charge in [0.2, 0.25) is 11.9 Å². The van der Waals surface area contributed by atoms with Gasteiger partial charge >= 0.3 is 21.7 Å². The van der Waals surface area contributed by atoms with Crippen LogP contribution in [0.3, 0.4) is 0 Å². The molecule has 3 rings (SSSR count). The first-order valence-electron chi connectivity index (χ1n) is 10.7. The lowest BCUT2D eigenvalue weighted by atomic mass is 10.1. The molecule has 212 valence electrons. The summed E-state index contributed by atoms with van der Waals surface area (Å²) in [7, 11) is -10.8. The fourth-order valence-electron chi connectivity index (χ4n) is 3.34. The molecule has 2 amide bonds. The van der Waals surface area contributed by atoms with E-state index >= 15 is 0 Å². The van der Waals surface area contributed by atoms with E-state index in [4.69, 9.17) is 25.0 Å². The lowest BCUT2D eigenvalue weighted by Crippen LogP contribution is -2.42. The molecule has 1 unspecified atom stereocenters. The number of aromatic amines is 1. The van der Waals surface area contributed by atoms with E-state index in [0.29, 0.717) is 0 Å². The molecule has 1 saturated heterocycles. The third kappa shape index (κ3) is 7.56. The van der Waals surface area contributed by atoms with E-state index in [0.717, 1.165) is 10.9 Å². The minimum Gasteiger partial charge on any atom is -0.440 e. The predicted octanol–water partition coefficient (Wildman–Crippen LogP) is -2.19. The number of phosphoric acid groups is 2. The highest BCUT2D eigenvalue weighted by Crippen LogP contribution is 2.57. The summed E-state index contributed by atoms with van der Waals surface area (Å²) < 4.78 is 43.0. The fourth-order valence-corrected chi connectivity index (χ4v) is 4.94. The molecule has 0 spiro atoms. The van der Waals surface area contributed by atoms with Crippen LogP contribution in [0.25, 0.3) is 11.2 Å². The molecule has 0 bridgehead atoms. The average molecular weight is 585 g/mol. The maximum atomic E-state index is 12.3. The molecular weight excluding hydrogens is 560 g/mol. The number of phosphoric ester groups is 1. The van der Waals surface area contributed by atoms with Crippen molar-refractivity contribution in [1.29, 1.82) is 0 Å². The third-order valence-electron chi connectivity index (χ3n) is 4.93. The Morgan fingerprint density at radius 3 is 2.61 bits per heavy atom. The molecule has 2 aromatic heterocycles. The average Bonchev–Trinajstić information content (AvgIpc) is 3.35. The molecule has 0 radical (unpaired) electrons. The summed E-state index contributed by atoms with van der Waals surface area (Å²) in [6.45, 7) is 0.682. The number of H-pyrrole nitrogens is 1. The van der Waals surface area contributed by atoms with Gasteiger partial charge in [-0.25, -0.2) is 18.9 Å². The first kappa shape index (κ1) is 29.6. The summed E-state index contributed by atoms with van der Waals surface area (Å²) in [5, 5.41) is 15.7. The molecule has 5 atom stereocenters. The van der Waals surface area contributed by atoms with Crippen LogP contribution in [0, 0.1) is 0 Å². The number of hydrogen-bond acceptors (Lipinski definition) is 13. The number of alkyl carbamates (subject to hydrolysis) is 1. The van der Waals surface area contributed by atoms with Gasteiger partial charge in [-0.05, 0) is 0 Å². The Bertz CT molecular complexity index is 1330. The molecule has 3 heterocycles. The SMILES string of the molecule is CCC(=O)NCCNC(=O)O[C@H]1[C@@H](O)[C@H](n2cnc3c(=O)[nH]c(N)nc32)O[C@@H]1COP(=O)(O)OP(=O)(O)O. The van der Waals surface area contributed by atoms with Crippen LogP contribution in [0.5, 0.6) is 0 Å². The van der Waals surface area contributed by atoms with Gasteiger partial charge in [0.05, 0.1) is 12.9 Å². The van der Waals surface area contributed by atoms with Crippen molar-refractivity contribution in [2.75, 3.05) is 25.4 Å². The number of nitrogen functional groups attached to an aromatic ring is 1. The number of nitrogens with two attached hydrogens (primary N) is 1. The van der Waals surface area contributed by atoms with Crippen LogP contribution in [-0.2, 0) is 32.2 Å². The topological polar surface area (TPSA) is 300 Å². The zero-order chi connectivity index (χ0) is 28.3. The van der Waals surface area contributed by atoms with Crippen molar-refractivity contribution in [1.82, 2.24) is 30.2 Å². The highest BCUT2D eigenvalue weighted by molar-refractivity contribution is 7.60. The van der Waals surface area contributed by atoms with Crippen molar-refractivity contribution in [3.05, 3.63) is 16.7 Å². The van der Waals surface area contributed by atoms with Crippen LogP contribution in [0.15, 0.2) is 11.1 Å². The summed E-state index contributed by atoms with van der Waals surface area (Å²) in [5.74, 6) is -0.541. The predicted molar refractivity (Wildman–Crippen MR) is 123 cm³/mol. The highest BCUT2D eigenvalue weighted by Gasteiger charge is 2.49. The molecule has 1 aliphatic rings. The van der Waals surface area contributed by atoms with Crippen molar-refractivity contribution in [3.8, 4) is 0 Å². The Morgan fingerprint density at radius 2 is 1.95 bits per heavy atom. The second-order valence-electron chi connectivity index (χ2n) is 7.67. The number of aliphatic hydroxyl groups is 1. The van der Waals surface area contributed by atoms with Crippen LogP contribution in [-0.4, -0.2) is 89.3 Å².